The second-order valence-corrected chi connectivity index (χ2v) is 9.85. The van der Waals surface area contributed by atoms with Gasteiger partial charge in [0.15, 0.2) is 5.11 Å². The largest absolute Gasteiger partial charge is 0.376 e. The number of sulfonamides is 1. The number of ether oxygens (including phenoxy) is 1. The van der Waals surface area contributed by atoms with Crippen molar-refractivity contribution in [2.24, 2.45) is 0 Å². The average molecular weight is 427 g/mol. The highest BCUT2D eigenvalue weighted by atomic mass is 32.2. The van der Waals surface area contributed by atoms with Gasteiger partial charge in [-0.2, -0.15) is 4.31 Å². The molecule has 0 radical (unpaired) electrons. The molecular formula is C19H30N4O3S2. The molecule has 0 amide bonds. The zero-order valence-corrected chi connectivity index (χ0v) is 18.2. The van der Waals surface area contributed by atoms with Crippen molar-refractivity contribution in [2.45, 2.75) is 43.1 Å². The number of piperidine rings is 1. The van der Waals surface area contributed by atoms with Gasteiger partial charge in [0.1, 0.15) is 0 Å². The van der Waals surface area contributed by atoms with Crippen LogP contribution in [0.3, 0.4) is 0 Å². The minimum Gasteiger partial charge on any atom is -0.376 e. The molecule has 7 nitrogen and oxygen atoms in total. The van der Waals surface area contributed by atoms with Crippen molar-refractivity contribution < 1.29 is 13.2 Å². The van der Waals surface area contributed by atoms with Gasteiger partial charge in [-0.3, -0.25) is 0 Å². The summed E-state index contributed by atoms with van der Waals surface area (Å²) >= 11 is 5.42. The molecule has 0 aromatic heterocycles. The Kier molecular flexibility index (Phi) is 7.14. The number of thiocarbonyl (C=S) groups is 1. The number of anilines is 2. The Bertz CT molecular complexity index is 786. The zero-order valence-electron chi connectivity index (χ0n) is 16.6. The van der Waals surface area contributed by atoms with Gasteiger partial charge in [0.25, 0.3) is 0 Å². The Morgan fingerprint density at radius 3 is 2.64 bits per heavy atom. The monoisotopic (exact) mass is 426 g/mol. The molecule has 2 N–H and O–H groups in total. The summed E-state index contributed by atoms with van der Waals surface area (Å²) in [6, 6.07) is 5.18. The van der Waals surface area contributed by atoms with Gasteiger partial charge in [0.2, 0.25) is 10.0 Å². The summed E-state index contributed by atoms with van der Waals surface area (Å²) in [6.07, 6.45) is 5.20. The Morgan fingerprint density at radius 1 is 1.25 bits per heavy atom. The molecule has 28 heavy (non-hydrogen) atoms. The molecule has 156 valence electrons. The van der Waals surface area contributed by atoms with Gasteiger partial charge >= 0.3 is 0 Å². The summed E-state index contributed by atoms with van der Waals surface area (Å²) in [6.45, 7) is 2.62. The summed E-state index contributed by atoms with van der Waals surface area (Å²) in [5, 5.41) is 6.81. The van der Waals surface area contributed by atoms with Crippen LogP contribution in [0.2, 0.25) is 0 Å². The summed E-state index contributed by atoms with van der Waals surface area (Å²) in [5.41, 5.74) is 1.55. The van der Waals surface area contributed by atoms with Gasteiger partial charge in [0, 0.05) is 40.3 Å². The van der Waals surface area contributed by atoms with Crippen LogP contribution in [0.4, 0.5) is 11.4 Å². The van der Waals surface area contributed by atoms with E-state index in [0.29, 0.717) is 35.3 Å². The summed E-state index contributed by atoms with van der Waals surface area (Å²) in [5.74, 6) is 0. The van der Waals surface area contributed by atoms with Gasteiger partial charge in [-0.25, -0.2) is 8.42 Å². The van der Waals surface area contributed by atoms with E-state index < -0.39 is 10.0 Å². The molecule has 0 saturated carbocycles. The smallest absolute Gasteiger partial charge is 0.243 e. The third-order valence-electron chi connectivity index (χ3n) is 5.17. The Hall–Kier alpha value is -1.42. The van der Waals surface area contributed by atoms with Crippen LogP contribution in [-0.2, 0) is 14.8 Å². The second-order valence-electron chi connectivity index (χ2n) is 7.51. The van der Waals surface area contributed by atoms with E-state index in [1.165, 1.54) is 0 Å². The molecule has 0 bridgehead atoms. The number of nitrogens with zero attached hydrogens (tertiary/aromatic N) is 2. The van der Waals surface area contributed by atoms with Crippen LogP contribution in [0, 0.1) is 0 Å². The van der Waals surface area contributed by atoms with Crippen LogP contribution in [0.15, 0.2) is 23.1 Å². The van der Waals surface area contributed by atoms with E-state index in [2.05, 4.69) is 10.6 Å². The molecule has 1 aromatic rings. The normalized spacial score (nSPS) is 20.7. The highest BCUT2D eigenvalue weighted by Crippen LogP contribution is 2.30. The maximum Gasteiger partial charge on any atom is 0.243 e. The molecule has 3 rings (SSSR count). The molecule has 0 unspecified atom stereocenters. The summed E-state index contributed by atoms with van der Waals surface area (Å²) in [4.78, 5) is 2.23. The summed E-state index contributed by atoms with van der Waals surface area (Å²) < 4.78 is 33.2. The maximum atomic E-state index is 13.0. The highest BCUT2D eigenvalue weighted by molar-refractivity contribution is 7.89. The van der Waals surface area contributed by atoms with E-state index in [1.807, 2.05) is 25.1 Å². The minimum atomic E-state index is -3.50. The number of benzene rings is 1. The molecule has 1 atom stereocenters. The van der Waals surface area contributed by atoms with Crippen LogP contribution >= 0.6 is 12.2 Å². The fourth-order valence-corrected chi connectivity index (χ4v) is 5.34. The van der Waals surface area contributed by atoms with Crippen LogP contribution in [0.5, 0.6) is 0 Å². The number of hydrogen-bond donors (Lipinski definition) is 2. The van der Waals surface area contributed by atoms with Crippen molar-refractivity contribution in [2.75, 3.05) is 50.6 Å². The van der Waals surface area contributed by atoms with Crippen molar-refractivity contribution in [1.29, 1.82) is 0 Å². The van der Waals surface area contributed by atoms with Gasteiger partial charge in [-0.1, -0.05) is 6.42 Å². The molecule has 0 aliphatic carbocycles. The third-order valence-corrected chi connectivity index (χ3v) is 7.31. The molecule has 2 fully saturated rings. The SMILES string of the molecule is CN(C)c1ccc(S(=O)(=O)N2CCCCC2)cc1NC(=S)NC[C@@H]1CCCO1. The van der Waals surface area contributed by atoms with E-state index in [9.17, 15) is 8.42 Å². The van der Waals surface area contributed by atoms with Crippen LogP contribution in [0.1, 0.15) is 32.1 Å². The lowest BCUT2D eigenvalue weighted by atomic mass is 10.2. The molecule has 2 aliphatic rings. The molecular weight excluding hydrogens is 396 g/mol. The number of nitrogens with one attached hydrogen (secondary N) is 2. The molecule has 1 aromatic carbocycles. The van der Waals surface area contributed by atoms with E-state index in [-0.39, 0.29) is 6.10 Å². The number of rotatable bonds is 6. The maximum absolute atomic E-state index is 13.0. The first-order valence-electron chi connectivity index (χ1n) is 9.86. The lowest BCUT2D eigenvalue weighted by molar-refractivity contribution is 0.114. The van der Waals surface area contributed by atoms with Crippen molar-refractivity contribution >= 4 is 38.7 Å². The van der Waals surface area contributed by atoms with Gasteiger partial charge in [-0.15, -0.1) is 0 Å². The Labute approximate surface area is 173 Å². The first-order valence-corrected chi connectivity index (χ1v) is 11.7. The second kappa shape index (κ2) is 9.39. The Balaban J connectivity index is 1.76. The Morgan fingerprint density at radius 2 is 2.00 bits per heavy atom. The van der Waals surface area contributed by atoms with Crippen molar-refractivity contribution in [3.8, 4) is 0 Å². The summed E-state index contributed by atoms with van der Waals surface area (Å²) in [7, 11) is 0.341. The average Bonchev–Trinajstić information content (AvgIpc) is 3.20. The topological polar surface area (TPSA) is 73.9 Å². The lowest BCUT2D eigenvalue weighted by Crippen LogP contribution is -2.36. The van der Waals surface area contributed by atoms with Gasteiger partial charge in [0.05, 0.1) is 22.4 Å². The van der Waals surface area contributed by atoms with E-state index in [0.717, 1.165) is 44.4 Å². The van der Waals surface area contributed by atoms with E-state index in [1.54, 1.807) is 16.4 Å². The van der Waals surface area contributed by atoms with Gasteiger partial charge < -0.3 is 20.3 Å². The highest BCUT2D eigenvalue weighted by Gasteiger charge is 2.27. The molecule has 2 saturated heterocycles. The van der Waals surface area contributed by atoms with Crippen LogP contribution in [-0.4, -0.2) is 64.3 Å². The molecule has 2 heterocycles. The zero-order chi connectivity index (χ0) is 20.1. The first kappa shape index (κ1) is 21.3. The quantitative estimate of drug-likeness (QED) is 0.677. The third kappa shape index (κ3) is 5.14. The fourth-order valence-electron chi connectivity index (χ4n) is 3.60. The van der Waals surface area contributed by atoms with Gasteiger partial charge in [-0.05, 0) is 56.1 Å². The first-order chi connectivity index (χ1) is 13.4. The van der Waals surface area contributed by atoms with E-state index in [4.69, 9.17) is 17.0 Å². The van der Waals surface area contributed by atoms with Crippen molar-refractivity contribution in [3.05, 3.63) is 18.2 Å². The van der Waals surface area contributed by atoms with E-state index >= 15 is 0 Å². The predicted octanol–water partition coefficient (Wildman–Crippen LogP) is 2.39. The van der Waals surface area contributed by atoms with Crippen LogP contribution < -0.4 is 15.5 Å². The molecule has 2 aliphatic heterocycles. The molecule has 0 spiro atoms. The van der Waals surface area contributed by atoms with Crippen molar-refractivity contribution in [3.63, 3.8) is 0 Å². The minimum absolute atomic E-state index is 0.180. The van der Waals surface area contributed by atoms with Crippen molar-refractivity contribution in [1.82, 2.24) is 9.62 Å². The molecule has 9 heteroatoms. The van der Waals surface area contributed by atoms with Crippen LogP contribution in [0.25, 0.3) is 0 Å². The lowest BCUT2D eigenvalue weighted by Gasteiger charge is -2.27. The predicted molar refractivity (Wildman–Crippen MR) is 117 cm³/mol. The number of hydrogen-bond acceptors (Lipinski definition) is 5. The standard InChI is InChI=1S/C19H30N4O3S2/c1-22(2)18-9-8-16(28(24,25)23-10-4-3-5-11-23)13-17(18)21-19(27)20-14-15-7-6-12-26-15/h8-9,13,15H,3-7,10-12,14H2,1-2H3,(H2,20,21,27)/t15-/m0/s1. The fraction of sp³-hybridized carbons (Fsp3) is 0.632.